The summed E-state index contributed by atoms with van der Waals surface area (Å²) >= 11 is 0. The Morgan fingerprint density at radius 1 is 1.16 bits per heavy atom. The number of rotatable bonds is 3. The highest BCUT2D eigenvalue weighted by Crippen LogP contribution is 2.11. The van der Waals surface area contributed by atoms with Crippen LogP contribution in [-0.2, 0) is 16.1 Å². The van der Waals surface area contributed by atoms with Gasteiger partial charge in [0, 0.05) is 13.1 Å². The second-order valence-electron chi connectivity index (χ2n) is 5.68. The lowest BCUT2D eigenvalue weighted by Gasteiger charge is -2.26. The van der Waals surface area contributed by atoms with Crippen molar-refractivity contribution >= 4 is 17.1 Å². The number of hydrogen-bond donors (Lipinski definition) is 0. The van der Waals surface area contributed by atoms with E-state index in [-0.39, 0.29) is 23.5 Å². The normalized spacial score (nSPS) is 14.8. The molecule has 0 saturated carbocycles. The minimum atomic E-state index is -0.381. The fourth-order valence-electron chi connectivity index (χ4n) is 2.76. The lowest BCUT2D eigenvalue weighted by molar-refractivity contribution is -0.135. The highest BCUT2D eigenvalue weighted by atomic mass is 16.5. The molecule has 0 N–H and O–H groups in total. The molecule has 4 rings (SSSR count). The van der Waals surface area contributed by atoms with Crippen molar-refractivity contribution in [3.8, 4) is 5.69 Å². The van der Waals surface area contributed by atoms with Gasteiger partial charge in [0.15, 0.2) is 11.2 Å². The number of carbonyl (C=O) groups is 1. The van der Waals surface area contributed by atoms with E-state index >= 15 is 0 Å². The van der Waals surface area contributed by atoms with Crippen LogP contribution in [0.4, 0.5) is 0 Å². The summed E-state index contributed by atoms with van der Waals surface area (Å²) in [5.41, 5.74) is 0.889. The fourth-order valence-corrected chi connectivity index (χ4v) is 2.76. The summed E-state index contributed by atoms with van der Waals surface area (Å²) < 4.78 is 8.00. The van der Waals surface area contributed by atoms with Crippen LogP contribution in [0.15, 0.2) is 41.5 Å². The Morgan fingerprint density at radius 3 is 2.68 bits per heavy atom. The molecule has 1 amide bonds. The van der Waals surface area contributed by atoms with Crippen LogP contribution < -0.4 is 5.56 Å². The largest absolute Gasteiger partial charge is 0.378 e. The Labute approximate surface area is 142 Å². The number of amides is 1. The van der Waals surface area contributed by atoms with Gasteiger partial charge >= 0.3 is 0 Å². The third-order valence-electron chi connectivity index (χ3n) is 4.10. The Hall–Kier alpha value is -3.07. The van der Waals surface area contributed by atoms with Crippen molar-refractivity contribution in [1.29, 1.82) is 0 Å². The molecule has 0 radical (unpaired) electrons. The van der Waals surface area contributed by atoms with Crippen molar-refractivity contribution in [1.82, 2.24) is 29.4 Å². The molecule has 2 aromatic heterocycles. The standard InChI is InChI=1S/C16H16N6O3/c23-13(20-6-8-25-9-7-20)10-21-11-17-15-14(16(21)24)18-19-22(15)12-4-2-1-3-5-12/h1-5,11H,6-10H2. The van der Waals surface area contributed by atoms with E-state index in [1.165, 1.54) is 15.6 Å². The molecule has 128 valence electrons. The molecule has 1 saturated heterocycles. The minimum absolute atomic E-state index is 0.0695. The lowest BCUT2D eigenvalue weighted by Crippen LogP contribution is -2.43. The van der Waals surface area contributed by atoms with Gasteiger partial charge in [0.1, 0.15) is 12.9 Å². The number of ether oxygens (including phenoxy) is 1. The fraction of sp³-hybridized carbons (Fsp3) is 0.312. The molecular weight excluding hydrogens is 324 g/mol. The first-order valence-electron chi connectivity index (χ1n) is 7.96. The van der Waals surface area contributed by atoms with Crippen molar-refractivity contribution < 1.29 is 9.53 Å². The smallest absolute Gasteiger partial charge is 0.284 e. The average Bonchev–Trinajstić information content (AvgIpc) is 3.10. The Bertz CT molecular complexity index is 959. The third kappa shape index (κ3) is 2.89. The molecule has 9 heteroatoms. The molecule has 25 heavy (non-hydrogen) atoms. The lowest BCUT2D eigenvalue weighted by atomic mass is 10.3. The van der Waals surface area contributed by atoms with Crippen LogP contribution in [0.2, 0.25) is 0 Å². The first-order valence-corrected chi connectivity index (χ1v) is 7.96. The summed E-state index contributed by atoms with van der Waals surface area (Å²) in [5, 5.41) is 7.96. The molecular formula is C16H16N6O3. The van der Waals surface area contributed by atoms with E-state index in [1.54, 1.807) is 4.90 Å². The van der Waals surface area contributed by atoms with Crippen molar-refractivity contribution in [2.75, 3.05) is 26.3 Å². The molecule has 1 aliphatic rings. The van der Waals surface area contributed by atoms with Gasteiger partial charge in [0.2, 0.25) is 5.91 Å². The van der Waals surface area contributed by atoms with E-state index < -0.39 is 0 Å². The van der Waals surface area contributed by atoms with Crippen molar-refractivity contribution in [2.45, 2.75) is 6.54 Å². The average molecular weight is 340 g/mol. The van der Waals surface area contributed by atoms with Gasteiger partial charge in [0.05, 0.1) is 18.9 Å². The first kappa shape index (κ1) is 15.5. The van der Waals surface area contributed by atoms with E-state index in [2.05, 4.69) is 15.3 Å². The Kier molecular flexibility index (Phi) is 3.98. The summed E-state index contributed by atoms with van der Waals surface area (Å²) in [7, 11) is 0. The van der Waals surface area contributed by atoms with Gasteiger partial charge in [-0.3, -0.25) is 14.2 Å². The molecule has 0 spiro atoms. The highest BCUT2D eigenvalue weighted by Gasteiger charge is 2.19. The second-order valence-corrected chi connectivity index (χ2v) is 5.68. The minimum Gasteiger partial charge on any atom is -0.378 e. The van der Waals surface area contributed by atoms with Gasteiger partial charge in [-0.15, -0.1) is 5.10 Å². The second kappa shape index (κ2) is 6.44. The monoisotopic (exact) mass is 340 g/mol. The van der Waals surface area contributed by atoms with Gasteiger partial charge in [-0.25, -0.2) is 4.98 Å². The number of aromatic nitrogens is 5. The zero-order valence-electron chi connectivity index (χ0n) is 13.4. The maximum atomic E-state index is 12.6. The van der Waals surface area contributed by atoms with Crippen molar-refractivity contribution in [3.05, 3.63) is 47.0 Å². The van der Waals surface area contributed by atoms with Crippen LogP contribution in [0.25, 0.3) is 16.9 Å². The predicted molar refractivity (Wildman–Crippen MR) is 88.3 cm³/mol. The Morgan fingerprint density at radius 2 is 1.92 bits per heavy atom. The molecule has 1 fully saturated rings. The van der Waals surface area contributed by atoms with Gasteiger partial charge in [-0.1, -0.05) is 23.4 Å². The zero-order valence-corrected chi connectivity index (χ0v) is 13.4. The number of benzene rings is 1. The van der Waals surface area contributed by atoms with E-state index in [1.807, 2.05) is 30.3 Å². The maximum Gasteiger partial charge on any atom is 0.284 e. The van der Waals surface area contributed by atoms with Gasteiger partial charge in [0.25, 0.3) is 5.56 Å². The Balaban J connectivity index is 1.65. The van der Waals surface area contributed by atoms with Crippen LogP contribution in [0.1, 0.15) is 0 Å². The zero-order chi connectivity index (χ0) is 17.2. The summed E-state index contributed by atoms with van der Waals surface area (Å²) in [5.74, 6) is -0.137. The van der Waals surface area contributed by atoms with E-state index in [0.29, 0.717) is 32.0 Å². The third-order valence-corrected chi connectivity index (χ3v) is 4.10. The summed E-state index contributed by atoms with van der Waals surface area (Å²) in [6.07, 6.45) is 1.37. The molecule has 9 nitrogen and oxygen atoms in total. The molecule has 0 unspecified atom stereocenters. The number of nitrogens with zero attached hydrogens (tertiary/aromatic N) is 6. The SMILES string of the molecule is O=C(Cn1cnc2c(nnn2-c2ccccc2)c1=O)N1CCOCC1. The molecule has 0 bridgehead atoms. The van der Waals surface area contributed by atoms with Crippen LogP contribution >= 0.6 is 0 Å². The maximum absolute atomic E-state index is 12.6. The molecule has 0 aliphatic carbocycles. The molecule has 1 aromatic carbocycles. The van der Waals surface area contributed by atoms with Gasteiger partial charge < -0.3 is 9.64 Å². The number of hydrogen-bond acceptors (Lipinski definition) is 6. The summed E-state index contributed by atoms with van der Waals surface area (Å²) in [4.78, 5) is 30.9. The highest BCUT2D eigenvalue weighted by molar-refractivity contribution is 5.77. The molecule has 0 atom stereocenters. The van der Waals surface area contributed by atoms with Crippen LogP contribution in [-0.4, -0.2) is 61.7 Å². The summed E-state index contributed by atoms with van der Waals surface area (Å²) in [6.45, 7) is 2.04. The summed E-state index contributed by atoms with van der Waals surface area (Å²) in [6, 6.07) is 9.32. The number of carbonyl (C=O) groups excluding carboxylic acids is 1. The van der Waals surface area contributed by atoms with Crippen LogP contribution in [0.5, 0.6) is 0 Å². The van der Waals surface area contributed by atoms with Crippen molar-refractivity contribution in [2.24, 2.45) is 0 Å². The van der Waals surface area contributed by atoms with E-state index in [9.17, 15) is 9.59 Å². The first-order chi connectivity index (χ1) is 12.2. The molecule has 1 aliphatic heterocycles. The molecule has 3 heterocycles. The van der Waals surface area contributed by atoms with E-state index in [0.717, 1.165) is 5.69 Å². The van der Waals surface area contributed by atoms with Gasteiger partial charge in [-0.2, -0.15) is 4.68 Å². The molecule has 3 aromatic rings. The van der Waals surface area contributed by atoms with E-state index in [4.69, 9.17) is 4.74 Å². The van der Waals surface area contributed by atoms with Crippen LogP contribution in [0, 0.1) is 0 Å². The number of fused-ring (bicyclic) bond motifs is 1. The van der Waals surface area contributed by atoms with Crippen LogP contribution in [0.3, 0.4) is 0 Å². The number of morpholine rings is 1. The number of para-hydroxylation sites is 1. The quantitative estimate of drug-likeness (QED) is 0.657. The predicted octanol–water partition coefficient (Wildman–Crippen LogP) is -0.164. The van der Waals surface area contributed by atoms with Gasteiger partial charge in [-0.05, 0) is 12.1 Å². The van der Waals surface area contributed by atoms with Crippen molar-refractivity contribution in [3.63, 3.8) is 0 Å². The topological polar surface area (TPSA) is 95.1 Å².